The molecule has 1 amide bonds. The number of nitrogens with two attached hydrogens (primary N) is 1. The molecule has 4 rings (SSSR count). The van der Waals surface area contributed by atoms with Crippen LogP contribution in [-0.2, 0) is 11.2 Å². The third kappa shape index (κ3) is 5.23. The molecule has 3 aromatic carbocycles. The molecule has 0 aliphatic heterocycles. The van der Waals surface area contributed by atoms with Gasteiger partial charge in [0.2, 0.25) is 5.91 Å². The third-order valence-corrected chi connectivity index (χ3v) is 7.70. The standard InChI is InChI=1S/C24H15Cl5F2N2O2/c25-14-4-2-12(8-13(14)20(34)7-11-6-18(31)19(32)9-17(11)30)33-23(35)22-21(24(22,28)29)10-1-3-15(26)16(27)5-10/h1-6,8-9,21-22H,7,32H2,(H,33,35)/t21-,22+/m0/s1. The fourth-order valence-corrected chi connectivity index (χ4v) is 5.17. The molecule has 1 aliphatic carbocycles. The summed E-state index contributed by atoms with van der Waals surface area (Å²) in [5, 5.41) is 3.41. The Morgan fingerprint density at radius 2 is 1.60 bits per heavy atom. The van der Waals surface area contributed by atoms with E-state index in [1.54, 1.807) is 18.2 Å². The number of nitrogens with one attached hydrogen (secondary N) is 1. The lowest BCUT2D eigenvalue weighted by atomic mass is 10.0. The van der Waals surface area contributed by atoms with E-state index >= 15 is 0 Å². The molecule has 0 aromatic heterocycles. The predicted octanol–water partition coefficient (Wildman–Crippen LogP) is 7.46. The van der Waals surface area contributed by atoms with Crippen LogP contribution in [0.15, 0.2) is 48.5 Å². The molecule has 3 N–H and O–H groups in total. The van der Waals surface area contributed by atoms with Crippen molar-refractivity contribution >= 4 is 81.1 Å². The van der Waals surface area contributed by atoms with E-state index < -0.39 is 45.9 Å². The molecule has 4 nitrogen and oxygen atoms in total. The van der Waals surface area contributed by atoms with Gasteiger partial charge in [0.05, 0.1) is 26.7 Å². The lowest BCUT2D eigenvalue weighted by Crippen LogP contribution is -2.17. The number of carbonyl (C=O) groups excluding carboxylic acids is 2. The molecule has 1 aliphatic rings. The highest BCUT2D eigenvalue weighted by Gasteiger charge is 2.67. The topological polar surface area (TPSA) is 72.2 Å². The molecule has 0 radical (unpaired) electrons. The van der Waals surface area contributed by atoms with Gasteiger partial charge >= 0.3 is 0 Å². The van der Waals surface area contributed by atoms with Crippen LogP contribution in [0.2, 0.25) is 15.1 Å². The molecule has 0 saturated heterocycles. The van der Waals surface area contributed by atoms with Crippen molar-refractivity contribution in [3.05, 3.63) is 91.9 Å². The van der Waals surface area contributed by atoms with E-state index in [4.69, 9.17) is 63.7 Å². The van der Waals surface area contributed by atoms with Gasteiger partial charge in [0.25, 0.3) is 0 Å². The summed E-state index contributed by atoms with van der Waals surface area (Å²) in [6.45, 7) is 0. The molecule has 0 heterocycles. The Hall–Kier alpha value is -2.09. The van der Waals surface area contributed by atoms with Gasteiger partial charge in [0, 0.05) is 29.7 Å². The highest BCUT2D eigenvalue weighted by Crippen LogP contribution is 2.65. The Bertz CT molecular complexity index is 1370. The van der Waals surface area contributed by atoms with Crippen molar-refractivity contribution < 1.29 is 18.4 Å². The van der Waals surface area contributed by atoms with E-state index in [2.05, 4.69) is 5.32 Å². The Labute approximate surface area is 224 Å². The smallest absolute Gasteiger partial charge is 0.231 e. The van der Waals surface area contributed by atoms with Crippen LogP contribution in [-0.4, -0.2) is 16.0 Å². The minimum absolute atomic E-state index is 0.0148. The van der Waals surface area contributed by atoms with Crippen LogP contribution in [0.25, 0.3) is 0 Å². The largest absolute Gasteiger partial charge is 0.396 e. The summed E-state index contributed by atoms with van der Waals surface area (Å²) in [6.07, 6.45) is -0.464. The zero-order valence-corrected chi connectivity index (χ0v) is 21.3. The number of hydrogen-bond acceptors (Lipinski definition) is 3. The van der Waals surface area contributed by atoms with Crippen molar-refractivity contribution in [1.82, 2.24) is 0 Å². The molecule has 1 fully saturated rings. The second kappa shape index (κ2) is 9.75. The van der Waals surface area contributed by atoms with E-state index in [0.29, 0.717) is 15.6 Å². The Morgan fingerprint density at radius 3 is 2.29 bits per heavy atom. The Morgan fingerprint density at radius 1 is 0.914 bits per heavy atom. The lowest BCUT2D eigenvalue weighted by molar-refractivity contribution is -0.117. The van der Waals surface area contributed by atoms with Crippen molar-refractivity contribution in [3.63, 3.8) is 0 Å². The van der Waals surface area contributed by atoms with Crippen molar-refractivity contribution in [2.24, 2.45) is 5.92 Å². The van der Waals surface area contributed by atoms with Crippen LogP contribution in [0.4, 0.5) is 20.2 Å². The highest BCUT2D eigenvalue weighted by molar-refractivity contribution is 6.53. The normalized spacial score (nSPS) is 18.3. The van der Waals surface area contributed by atoms with Gasteiger partial charge < -0.3 is 11.1 Å². The SMILES string of the molecule is Nc1cc(F)c(CC(=O)c2cc(NC(=O)[C@H]3[C@H](c4ccc(Cl)c(Cl)c4)C3(Cl)Cl)ccc2Cl)cc1F. The maximum Gasteiger partial charge on any atom is 0.231 e. The summed E-state index contributed by atoms with van der Waals surface area (Å²) >= 11 is 30.9. The first-order valence-corrected chi connectivity index (χ1v) is 12.0. The number of ketones is 1. The number of alkyl halides is 2. The number of benzene rings is 3. The predicted molar refractivity (Wildman–Crippen MR) is 136 cm³/mol. The van der Waals surface area contributed by atoms with Gasteiger partial charge in [-0.1, -0.05) is 40.9 Å². The van der Waals surface area contributed by atoms with Crippen LogP contribution in [0, 0.1) is 17.6 Å². The van der Waals surface area contributed by atoms with Gasteiger partial charge in [-0.25, -0.2) is 8.78 Å². The number of Topliss-reactive ketones (excluding diaryl/α,β-unsaturated/α-hetero) is 1. The van der Waals surface area contributed by atoms with Gasteiger partial charge in [-0.2, -0.15) is 0 Å². The van der Waals surface area contributed by atoms with Crippen molar-refractivity contribution in [1.29, 1.82) is 0 Å². The van der Waals surface area contributed by atoms with E-state index in [9.17, 15) is 18.4 Å². The van der Waals surface area contributed by atoms with Gasteiger partial charge in [-0.05, 0) is 47.5 Å². The van der Waals surface area contributed by atoms with Crippen molar-refractivity contribution in [3.8, 4) is 0 Å². The average Bonchev–Trinajstić information content (AvgIpc) is 3.37. The van der Waals surface area contributed by atoms with E-state index in [1.165, 1.54) is 18.2 Å². The monoisotopic (exact) mass is 576 g/mol. The maximum atomic E-state index is 14.1. The maximum absolute atomic E-state index is 14.1. The fraction of sp³-hybridized carbons (Fsp3) is 0.167. The fourth-order valence-electron chi connectivity index (χ4n) is 3.82. The van der Waals surface area contributed by atoms with E-state index in [-0.39, 0.29) is 27.5 Å². The number of carbonyl (C=O) groups is 2. The molecule has 2 atom stereocenters. The number of rotatable bonds is 6. The number of anilines is 2. The zero-order chi connectivity index (χ0) is 25.7. The van der Waals surface area contributed by atoms with Crippen molar-refractivity contribution in [2.45, 2.75) is 16.7 Å². The first-order chi connectivity index (χ1) is 16.4. The summed E-state index contributed by atoms with van der Waals surface area (Å²) in [6, 6.07) is 10.8. The number of nitrogen functional groups attached to an aromatic ring is 1. The molecule has 11 heteroatoms. The molecule has 1 saturated carbocycles. The Balaban J connectivity index is 1.52. The second-order valence-corrected chi connectivity index (χ2v) is 10.7. The first-order valence-electron chi connectivity index (χ1n) is 10.1. The molecule has 35 heavy (non-hydrogen) atoms. The van der Waals surface area contributed by atoms with Crippen LogP contribution >= 0.6 is 58.0 Å². The first kappa shape index (κ1) is 26.0. The number of hydrogen-bond donors (Lipinski definition) is 2. The highest BCUT2D eigenvalue weighted by atomic mass is 35.5. The molecule has 182 valence electrons. The summed E-state index contributed by atoms with van der Waals surface area (Å²) in [5.41, 5.74) is 5.70. The van der Waals surface area contributed by atoms with Crippen LogP contribution in [0.3, 0.4) is 0 Å². The van der Waals surface area contributed by atoms with Gasteiger partial charge in [0.15, 0.2) is 5.78 Å². The lowest BCUT2D eigenvalue weighted by Gasteiger charge is -2.10. The quantitative estimate of drug-likeness (QED) is 0.181. The van der Waals surface area contributed by atoms with Crippen molar-refractivity contribution in [2.75, 3.05) is 11.1 Å². The number of amides is 1. The van der Waals surface area contributed by atoms with E-state index in [0.717, 1.165) is 12.1 Å². The summed E-state index contributed by atoms with van der Waals surface area (Å²) in [5.74, 6) is -4.06. The molecule has 0 bridgehead atoms. The van der Waals surface area contributed by atoms with Crippen LogP contribution in [0.1, 0.15) is 27.4 Å². The van der Waals surface area contributed by atoms with Gasteiger partial charge in [0.1, 0.15) is 16.0 Å². The zero-order valence-electron chi connectivity index (χ0n) is 17.5. The molecule has 3 aromatic rings. The molecular weight excluding hydrogens is 564 g/mol. The van der Waals surface area contributed by atoms with Crippen LogP contribution < -0.4 is 11.1 Å². The summed E-state index contributed by atoms with van der Waals surface area (Å²) < 4.78 is 26.5. The average molecular weight is 579 g/mol. The minimum atomic E-state index is -1.37. The minimum Gasteiger partial charge on any atom is -0.396 e. The summed E-state index contributed by atoms with van der Waals surface area (Å²) in [7, 11) is 0. The van der Waals surface area contributed by atoms with E-state index in [1.807, 2.05) is 0 Å². The third-order valence-electron chi connectivity index (χ3n) is 5.69. The number of halogens is 7. The van der Waals surface area contributed by atoms with Gasteiger partial charge in [-0.3, -0.25) is 9.59 Å². The summed E-state index contributed by atoms with van der Waals surface area (Å²) in [4.78, 5) is 25.7. The van der Waals surface area contributed by atoms with Crippen LogP contribution in [0.5, 0.6) is 0 Å². The Kier molecular flexibility index (Phi) is 7.24. The molecular formula is C24H15Cl5F2N2O2. The molecule has 0 spiro atoms. The van der Waals surface area contributed by atoms with Gasteiger partial charge in [-0.15, -0.1) is 23.2 Å². The molecule has 0 unspecified atom stereocenters. The second-order valence-electron chi connectivity index (χ2n) is 8.05.